The Labute approximate surface area is 62.2 Å². The molecule has 0 aliphatic heterocycles. The van der Waals surface area contributed by atoms with E-state index in [1.54, 1.807) is 0 Å². The molecule has 1 heterocycles. The van der Waals surface area contributed by atoms with E-state index in [1.165, 1.54) is 18.6 Å². The molecule has 1 aromatic rings. The van der Waals surface area contributed by atoms with Gasteiger partial charge in [0.15, 0.2) is 5.69 Å². The third-order valence-electron chi connectivity index (χ3n) is 0.782. The monoisotopic (exact) mass is 160 g/mol. The molecule has 0 saturated carbocycles. The summed E-state index contributed by atoms with van der Waals surface area (Å²) < 4.78 is 0. The quantitative estimate of drug-likeness (QED) is 0.537. The van der Waals surface area contributed by atoms with Crippen molar-refractivity contribution in [2.24, 2.45) is 0 Å². The summed E-state index contributed by atoms with van der Waals surface area (Å²) in [6.45, 7) is 0. The van der Waals surface area contributed by atoms with E-state index in [1.807, 2.05) is 0 Å². The molecule has 0 aromatic carbocycles. The number of rotatable bonds is 1. The van der Waals surface area contributed by atoms with Crippen molar-refractivity contribution < 1.29 is 20.9 Å². The summed E-state index contributed by atoms with van der Waals surface area (Å²) in [7, 11) is 0. The second-order valence-electron chi connectivity index (χ2n) is 1.40. The fraction of sp³-hybridized carbons (Fsp3) is 0. The zero-order valence-electron chi connectivity index (χ0n) is 5.48. The molecule has 0 spiro atoms. The number of carboxylic acids is 1. The van der Waals surface area contributed by atoms with Crippen molar-refractivity contribution in [2.45, 2.75) is 0 Å². The summed E-state index contributed by atoms with van der Waals surface area (Å²) in [6, 6.07) is 0. The van der Waals surface area contributed by atoms with Gasteiger partial charge in [-0.3, -0.25) is 4.98 Å². The van der Waals surface area contributed by atoms with Gasteiger partial charge in [-0.15, -0.1) is 0 Å². The van der Waals surface area contributed by atoms with Crippen LogP contribution in [0.4, 0.5) is 0 Å². The molecule has 0 saturated heterocycles. The second-order valence-corrected chi connectivity index (χ2v) is 1.40. The van der Waals surface area contributed by atoms with Gasteiger partial charge in [0.1, 0.15) is 0 Å². The van der Waals surface area contributed by atoms with Gasteiger partial charge < -0.3 is 16.1 Å². The van der Waals surface area contributed by atoms with Gasteiger partial charge in [-0.25, -0.2) is 9.78 Å². The first-order chi connectivity index (χ1) is 4.30. The van der Waals surface area contributed by atoms with Crippen LogP contribution in [0.25, 0.3) is 0 Å². The lowest BCUT2D eigenvalue weighted by atomic mass is 10.5. The molecule has 0 bridgehead atoms. The summed E-state index contributed by atoms with van der Waals surface area (Å²) in [6.07, 6.45) is 3.96. The van der Waals surface area contributed by atoms with Crippen molar-refractivity contribution in [2.75, 3.05) is 0 Å². The Hall–Kier alpha value is -1.53. The van der Waals surface area contributed by atoms with E-state index in [-0.39, 0.29) is 16.6 Å². The van der Waals surface area contributed by atoms with Crippen LogP contribution < -0.4 is 0 Å². The summed E-state index contributed by atoms with van der Waals surface area (Å²) in [5.74, 6) is -1.05. The highest BCUT2D eigenvalue weighted by Crippen LogP contribution is 1.86. The standard InChI is InChI=1S/C5H4N2O2.2H2O/c8-5(9)4-3-6-1-2-7-4;;/h1-3H,(H,8,9);2*1H2. The zero-order chi connectivity index (χ0) is 6.69. The topological polar surface area (TPSA) is 126 Å². The molecule has 11 heavy (non-hydrogen) atoms. The van der Waals surface area contributed by atoms with Crippen molar-refractivity contribution in [3.8, 4) is 0 Å². The zero-order valence-corrected chi connectivity index (χ0v) is 5.48. The molecule has 0 fully saturated rings. The Kier molecular flexibility index (Phi) is 5.83. The summed E-state index contributed by atoms with van der Waals surface area (Å²) >= 11 is 0. The highest BCUT2D eigenvalue weighted by molar-refractivity contribution is 5.84. The minimum Gasteiger partial charge on any atom is -0.476 e. The molecule has 1 aromatic heterocycles. The normalized spacial score (nSPS) is 7.27. The van der Waals surface area contributed by atoms with E-state index >= 15 is 0 Å². The lowest BCUT2D eigenvalue weighted by Gasteiger charge is -1.86. The lowest BCUT2D eigenvalue weighted by Crippen LogP contribution is -1.99. The molecule has 0 unspecified atom stereocenters. The molecule has 6 nitrogen and oxygen atoms in total. The van der Waals surface area contributed by atoms with Crippen LogP contribution in [0.3, 0.4) is 0 Å². The van der Waals surface area contributed by atoms with Crippen LogP contribution in [0.2, 0.25) is 0 Å². The highest BCUT2D eigenvalue weighted by atomic mass is 16.4. The van der Waals surface area contributed by atoms with Crippen molar-refractivity contribution in [1.29, 1.82) is 0 Å². The molecule has 0 amide bonds. The van der Waals surface area contributed by atoms with Crippen molar-refractivity contribution in [1.82, 2.24) is 9.97 Å². The molecule has 62 valence electrons. The SMILES string of the molecule is O.O.O=C(O)c1cnccn1. The number of hydrogen-bond donors (Lipinski definition) is 1. The number of nitrogens with zero attached hydrogens (tertiary/aromatic N) is 2. The Balaban J connectivity index is 0. The number of carboxylic acid groups (broad SMARTS) is 1. The fourth-order valence-electron chi connectivity index (χ4n) is 0.410. The third kappa shape index (κ3) is 3.23. The first kappa shape index (κ1) is 12.2. The average Bonchev–Trinajstić information content (AvgIpc) is 1.90. The van der Waals surface area contributed by atoms with Crippen LogP contribution in [0.5, 0.6) is 0 Å². The van der Waals surface area contributed by atoms with E-state index < -0.39 is 5.97 Å². The highest BCUT2D eigenvalue weighted by Gasteiger charge is 2.00. The summed E-state index contributed by atoms with van der Waals surface area (Å²) in [5, 5.41) is 8.28. The molecule has 0 aliphatic rings. The molecular formula is C5H8N2O4. The molecular weight excluding hydrogens is 152 g/mol. The van der Waals surface area contributed by atoms with Crippen LogP contribution >= 0.6 is 0 Å². The predicted molar refractivity (Wildman–Crippen MR) is 36.2 cm³/mol. The Bertz CT molecular complexity index is 213. The van der Waals surface area contributed by atoms with Crippen LogP contribution in [0, 0.1) is 0 Å². The molecule has 0 radical (unpaired) electrons. The molecule has 0 aliphatic carbocycles. The van der Waals surface area contributed by atoms with Gasteiger partial charge in [-0.05, 0) is 0 Å². The van der Waals surface area contributed by atoms with Gasteiger partial charge in [0.25, 0.3) is 0 Å². The summed E-state index contributed by atoms with van der Waals surface area (Å²) in [5.41, 5.74) is -0.0301. The number of hydrogen-bond acceptors (Lipinski definition) is 3. The second kappa shape index (κ2) is 5.27. The Morgan fingerprint density at radius 3 is 2.27 bits per heavy atom. The first-order valence-corrected chi connectivity index (χ1v) is 2.30. The van der Waals surface area contributed by atoms with Gasteiger partial charge in [0.05, 0.1) is 6.20 Å². The smallest absolute Gasteiger partial charge is 0.356 e. The first-order valence-electron chi connectivity index (χ1n) is 2.30. The van der Waals surface area contributed by atoms with Crippen molar-refractivity contribution in [3.05, 3.63) is 24.3 Å². The van der Waals surface area contributed by atoms with Crippen LogP contribution in [-0.4, -0.2) is 32.0 Å². The van der Waals surface area contributed by atoms with E-state index in [2.05, 4.69) is 9.97 Å². The molecule has 6 heteroatoms. The maximum atomic E-state index is 10.1. The number of carbonyl (C=O) groups is 1. The molecule has 5 N–H and O–H groups in total. The van der Waals surface area contributed by atoms with E-state index in [0.29, 0.717) is 0 Å². The van der Waals surface area contributed by atoms with Gasteiger partial charge in [0, 0.05) is 12.4 Å². The van der Waals surface area contributed by atoms with Crippen LogP contribution in [0.1, 0.15) is 10.5 Å². The van der Waals surface area contributed by atoms with Crippen molar-refractivity contribution in [3.63, 3.8) is 0 Å². The maximum Gasteiger partial charge on any atom is 0.356 e. The number of aromatic carboxylic acids is 1. The summed E-state index contributed by atoms with van der Waals surface area (Å²) in [4.78, 5) is 17.2. The van der Waals surface area contributed by atoms with E-state index in [4.69, 9.17) is 5.11 Å². The van der Waals surface area contributed by atoms with Gasteiger partial charge in [0.2, 0.25) is 0 Å². The van der Waals surface area contributed by atoms with Gasteiger partial charge in [-0.2, -0.15) is 0 Å². The number of aromatic nitrogens is 2. The van der Waals surface area contributed by atoms with Gasteiger partial charge >= 0.3 is 5.97 Å². The molecule has 0 atom stereocenters. The maximum absolute atomic E-state index is 10.1. The van der Waals surface area contributed by atoms with E-state index in [0.717, 1.165) is 0 Å². The van der Waals surface area contributed by atoms with Crippen LogP contribution in [0.15, 0.2) is 18.6 Å². The largest absolute Gasteiger partial charge is 0.476 e. The predicted octanol–water partition coefficient (Wildman–Crippen LogP) is -1.47. The van der Waals surface area contributed by atoms with Gasteiger partial charge in [-0.1, -0.05) is 0 Å². The average molecular weight is 160 g/mol. The molecule has 1 rings (SSSR count). The lowest BCUT2D eigenvalue weighted by molar-refractivity contribution is 0.0690. The third-order valence-corrected chi connectivity index (χ3v) is 0.782. The Morgan fingerprint density at radius 2 is 2.00 bits per heavy atom. The van der Waals surface area contributed by atoms with Crippen molar-refractivity contribution >= 4 is 5.97 Å². The van der Waals surface area contributed by atoms with Crippen LogP contribution in [-0.2, 0) is 0 Å². The fourth-order valence-corrected chi connectivity index (χ4v) is 0.410. The minimum absolute atomic E-state index is 0. The van der Waals surface area contributed by atoms with E-state index in [9.17, 15) is 4.79 Å². The Morgan fingerprint density at radius 1 is 1.36 bits per heavy atom. The minimum atomic E-state index is -1.05.